The van der Waals surface area contributed by atoms with E-state index in [1.807, 2.05) is 13.2 Å². The first-order valence-corrected chi connectivity index (χ1v) is 6.03. The van der Waals surface area contributed by atoms with Gasteiger partial charge in [0.1, 0.15) is 5.82 Å². The standard InChI is InChI=1S/C12H20N4O/c1-9-8-17-10(2)6-16(9)7-11-4-15-12(13-3)5-14-11/h4-5,9-10H,6-8H2,1-3H3,(H,13,15). The van der Waals surface area contributed by atoms with Gasteiger partial charge in [0, 0.05) is 26.2 Å². The molecule has 1 N–H and O–H groups in total. The minimum absolute atomic E-state index is 0.302. The van der Waals surface area contributed by atoms with Crippen LogP contribution in [0.15, 0.2) is 12.4 Å². The number of rotatable bonds is 3. The van der Waals surface area contributed by atoms with Crippen LogP contribution in [0.1, 0.15) is 19.5 Å². The van der Waals surface area contributed by atoms with Crippen LogP contribution in [0.4, 0.5) is 5.82 Å². The first-order chi connectivity index (χ1) is 8.19. The summed E-state index contributed by atoms with van der Waals surface area (Å²) >= 11 is 0. The zero-order valence-corrected chi connectivity index (χ0v) is 10.7. The van der Waals surface area contributed by atoms with E-state index in [2.05, 4.69) is 34.0 Å². The molecular formula is C12H20N4O. The molecule has 94 valence electrons. The Morgan fingerprint density at radius 3 is 2.88 bits per heavy atom. The quantitative estimate of drug-likeness (QED) is 0.852. The summed E-state index contributed by atoms with van der Waals surface area (Å²) in [6.07, 6.45) is 3.90. The van der Waals surface area contributed by atoms with E-state index in [-0.39, 0.29) is 0 Å². The predicted octanol–water partition coefficient (Wildman–Crippen LogP) is 1.13. The van der Waals surface area contributed by atoms with Gasteiger partial charge in [0.05, 0.1) is 30.8 Å². The fourth-order valence-electron chi connectivity index (χ4n) is 1.97. The van der Waals surface area contributed by atoms with Crippen molar-refractivity contribution in [3.8, 4) is 0 Å². The van der Waals surface area contributed by atoms with Crippen molar-refractivity contribution in [3.05, 3.63) is 18.1 Å². The topological polar surface area (TPSA) is 50.3 Å². The van der Waals surface area contributed by atoms with Crippen molar-refractivity contribution >= 4 is 5.82 Å². The molecule has 5 nitrogen and oxygen atoms in total. The van der Waals surface area contributed by atoms with Gasteiger partial charge in [0.15, 0.2) is 0 Å². The number of hydrogen-bond donors (Lipinski definition) is 1. The maximum Gasteiger partial charge on any atom is 0.144 e. The molecule has 2 unspecified atom stereocenters. The Morgan fingerprint density at radius 1 is 1.41 bits per heavy atom. The van der Waals surface area contributed by atoms with E-state index >= 15 is 0 Å². The fraction of sp³-hybridized carbons (Fsp3) is 0.667. The van der Waals surface area contributed by atoms with Gasteiger partial charge >= 0.3 is 0 Å². The smallest absolute Gasteiger partial charge is 0.144 e. The molecule has 0 spiro atoms. The monoisotopic (exact) mass is 236 g/mol. The molecule has 1 aliphatic rings. The highest BCUT2D eigenvalue weighted by atomic mass is 16.5. The molecule has 0 aliphatic carbocycles. The van der Waals surface area contributed by atoms with Gasteiger partial charge in [-0.3, -0.25) is 9.88 Å². The van der Waals surface area contributed by atoms with E-state index in [1.165, 1.54) is 0 Å². The minimum atomic E-state index is 0.302. The van der Waals surface area contributed by atoms with Crippen LogP contribution < -0.4 is 5.32 Å². The molecule has 0 amide bonds. The van der Waals surface area contributed by atoms with Gasteiger partial charge < -0.3 is 10.1 Å². The molecule has 0 saturated carbocycles. The summed E-state index contributed by atoms with van der Waals surface area (Å²) in [5.41, 5.74) is 1.00. The Balaban J connectivity index is 1.98. The van der Waals surface area contributed by atoms with Gasteiger partial charge in [-0.15, -0.1) is 0 Å². The molecule has 17 heavy (non-hydrogen) atoms. The van der Waals surface area contributed by atoms with Gasteiger partial charge in [-0.1, -0.05) is 0 Å². The van der Waals surface area contributed by atoms with E-state index in [0.717, 1.165) is 31.2 Å². The Kier molecular flexibility index (Phi) is 3.91. The van der Waals surface area contributed by atoms with E-state index in [0.29, 0.717) is 12.1 Å². The third-order valence-electron chi connectivity index (χ3n) is 3.06. The van der Waals surface area contributed by atoms with Gasteiger partial charge in [0.2, 0.25) is 0 Å². The Morgan fingerprint density at radius 2 is 2.24 bits per heavy atom. The lowest BCUT2D eigenvalue weighted by Crippen LogP contribution is -2.46. The third-order valence-corrected chi connectivity index (χ3v) is 3.06. The van der Waals surface area contributed by atoms with Gasteiger partial charge in [0.25, 0.3) is 0 Å². The lowest BCUT2D eigenvalue weighted by Gasteiger charge is -2.36. The highest BCUT2D eigenvalue weighted by Gasteiger charge is 2.23. The van der Waals surface area contributed by atoms with Crippen molar-refractivity contribution in [3.63, 3.8) is 0 Å². The van der Waals surface area contributed by atoms with E-state index in [4.69, 9.17) is 4.74 Å². The van der Waals surface area contributed by atoms with Crippen molar-refractivity contribution in [1.82, 2.24) is 14.9 Å². The van der Waals surface area contributed by atoms with Crippen molar-refractivity contribution in [2.75, 3.05) is 25.5 Å². The molecule has 1 aliphatic heterocycles. The van der Waals surface area contributed by atoms with Crippen molar-refractivity contribution in [2.24, 2.45) is 0 Å². The largest absolute Gasteiger partial charge is 0.376 e. The lowest BCUT2D eigenvalue weighted by molar-refractivity contribution is -0.0530. The highest BCUT2D eigenvalue weighted by molar-refractivity contribution is 5.29. The zero-order chi connectivity index (χ0) is 12.3. The maximum absolute atomic E-state index is 5.61. The van der Waals surface area contributed by atoms with Crippen LogP contribution in [0.3, 0.4) is 0 Å². The average Bonchev–Trinajstić information content (AvgIpc) is 2.35. The predicted molar refractivity (Wildman–Crippen MR) is 66.9 cm³/mol. The average molecular weight is 236 g/mol. The van der Waals surface area contributed by atoms with E-state index in [9.17, 15) is 0 Å². The molecule has 2 rings (SSSR count). The summed E-state index contributed by atoms with van der Waals surface area (Å²) in [5, 5.41) is 2.97. The number of nitrogens with one attached hydrogen (secondary N) is 1. The SMILES string of the molecule is CNc1cnc(CN2CC(C)OCC2C)cn1. The fourth-order valence-corrected chi connectivity index (χ4v) is 1.97. The number of ether oxygens (including phenoxy) is 1. The van der Waals surface area contributed by atoms with Crippen LogP contribution in [-0.2, 0) is 11.3 Å². The molecule has 0 bridgehead atoms. The second-order valence-corrected chi connectivity index (χ2v) is 4.57. The molecule has 2 atom stereocenters. The number of aromatic nitrogens is 2. The van der Waals surface area contributed by atoms with Crippen molar-refractivity contribution in [1.29, 1.82) is 0 Å². The minimum Gasteiger partial charge on any atom is -0.376 e. The van der Waals surface area contributed by atoms with Gasteiger partial charge in [-0.05, 0) is 13.8 Å². The number of morpholine rings is 1. The molecule has 5 heteroatoms. The number of hydrogen-bond acceptors (Lipinski definition) is 5. The Bertz CT molecular complexity index is 354. The first-order valence-electron chi connectivity index (χ1n) is 6.03. The zero-order valence-electron chi connectivity index (χ0n) is 10.7. The molecular weight excluding hydrogens is 216 g/mol. The second kappa shape index (κ2) is 5.42. The molecule has 0 aromatic carbocycles. The van der Waals surface area contributed by atoms with Crippen molar-refractivity contribution < 1.29 is 4.74 Å². The first kappa shape index (κ1) is 12.3. The van der Waals surface area contributed by atoms with Gasteiger partial charge in [-0.2, -0.15) is 0 Å². The number of anilines is 1. The Hall–Kier alpha value is -1.20. The van der Waals surface area contributed by atoms with Crippen LogP contribution in [-0.4, -0.2) is 47.2 Å². The van der Waals surface area contributed by atoms with Crippen LogP contribution >= 0.6 is 0 Å². The molecule has 1 fully saturated rings. The van der Waals surface area contributed by atoms with Crippen LogP contribution in [0, 0.1) is 0 Å². The molecule has 1 aromatic heterocycles. The van der Waals surface area contributed by atoms with E-state index < -0.39 is 0 Å². The second-order valence-electron chi connectivity index (χ2n) is 4.57. The molecule has 1 saturated heterocycles. The summed E-state index contributed by atoms with van der Waals surface area (Å²) in [6, 6.07) is 0.442. The summed E-state index contributed by atoms with van der Waals surface area (Å²) < 4.78 is 5.61. The summed E-state index contributed by atoms with van der Waals surface area (Å²) in [7, 11) is 1.84. The third kappa shape index (κ3) is 3.14. The normalized spacial score (nSPS) is 25.8. The highest BCUT2D eigenvalue weighted by Crippen LogP contribution is 2.14. The van der Waals surface area contributed by atoms with Crippen LogP contribution in [0.25, 0.3) is 0 Å². The summed E-state index contributed by atoms with van der Waals surface area (Å²) in [6.45, 7) is 6.88. The summed E-state index contributed by atoms with van der Waals surface area (Å²) in [4.78, 5) is 11.1. The van der Waals surface area contributed by atoms with Crippen LogP contribution in [0.2, 0.25) is 0 Å². The van der Waals surface area contributed by atoms with Crippen molar-refractivity contribution in [2.45, 2.75) is 32.5 Å². The van der Waals surface area contributed by atoms with Crippen LogP contribution in [0.5, 0.6) is 0 Å². The number of nitrogens with zero attached hydrogens (tertiary/aromatic N) is 3. The molecule has 0 radical (unpaired) electrons. The lowest BCUT2D eigenvalue weighted by atomic mass is 10.2. The van der Waals surface area contributed by atoms with Gasteiger partial charge in [-0.25, -0.2) is 4.98 Å². The summed E-state index contributed by atoms with van der Waals surface area (Å²) in [5.74, 6) is 0.803. The maximum atomic E-state index is 5.61. The molecule has 2 heterocycles. The van der Waals surface area contributed by atoms with E-state index in [1.54, 1.807) is 6.20 Å². The Labute approximate surface area is 102 Å². The molecule has 1 aromatic rings.